The molecule has 0 saturated heterocycles. The summed E-state index contributed by atoms with van der Waals surface area (Å²) in [5, 5.41) is 0. The summed E-state index contributed by atoms with van der Waals surface area (Å²) in [4.78, 5) is 11.0. The summed E-state index contributed by atoms with van der Waals surface area (Å²) >= 11 is 0. The number of hydrogen-bond donors (Lipinski definition) is 2. The van der Waals surface area contributed by atoms with Crippen molar-refractivity contribution in [3.63, 3.8) is 0 Å². The van der Waals surface area contributed by atoms with Crippen molar-refractivity contribution in [1.29, 1.82) is 0 Å². The van der Waals surface area contributed by atoms with Crippen LogP contribution in [0.4, 0.5) is 5.69 Å². The van der Waals surface area contributed by atoms with Crippen molar-refractivity contribution in [2.75, 3.05) is 12.8 Å². The molecule has 0 aliphatic carbocycles. The number of methoxy groups -OCH3 is 1. The topological polar surface area (TPSA) is 87.6 Å². The standard InChI is InChI=1S/C11H16N2O3/c1-3-9(11(13)14)16-7-4-5-10(15-2)8(12)6-7/h4-6,9H,3,12H2,1-2H3,(H2,13,14). The largest absolute Gasteiger partial charge is 0.495 e. The van der Waals surface area contributed by atoms with E-state index in [0.717, 1.165) is 0 Å². The first kappa shape index (κ1) is 12.2. The highest BCUT2D eigenvalue weighted by atomic mass is 16.5. The van der Waals surface area contributed by atoms with Crippen molar-refractivity contribution >= 4 is 11.6 Å². The average Bonchev–Trinajstić information content (AvgIpc) is 2.25. The quantitative estimate of drug-likeness (QED) is 0.728. The molecular weight excluding hydrogens is 208 g/mol. The number of carbonyl (C=O) groups is 1. The number of rotatable bonds is 5. The maximum absolute atomic E-state index is 11.0. The lowest BCUT2D eigenvalue weighted by Crippen LogP contribution is -2.32. The summed E-state index contributed by atoms with van der Waals surface area (Å²) in [5.41, 5.74) is 11.3. The van der Waals surface area contributed by atoms with Crippen LogP contribution < -0.4 is 20.9 Å². The van der Waals surface area contributed by atoms with Crippen LogP contribution in [0.5, 0.6) is 11.5 Å². The van der Waals surface area contributed by atoms with Crippen LogP contribution in [-0.4, -0.2) is 19.1 Å². The number of nitrogens with two attached hydrogens (primary N) is 2. The average molecular weight is 224 g/mol. The summed E-state index contributed by atoms with van der Waals surface area (Å²) in [6, 6.07) is 4.96. The molecule has 1 amide bonds. The predicted octanol–water partition coefficient (Wildman–Crippen LogP) is 0.920. The molecule has 1 unspecified atom stereocenters. The van der Waals surface area contributed by atoms with E-state index in [1.807, 2.05) is 6.92 Å². The lowest BCUT2D eigenvalue weighted by molar-refractivity contribution is -0.124. The van der Waals surface area contributed by atoms with E-state index in [9.17, 15) is 4.79 Å². The molecule has 5 nitrogen and oxygen atoms in total. The van der Waals surface area contributed by atoms with Gasteiger partial charge in [0.1, 0.15) is 11.5 Å². The minimum Gasteiger partial charge on any atom is -0.495 e. The van der Waals surface area contributed by atoms with Gasteiger partial charge in [-0.1, -0.05) is 6.92 Å². The van der Waals surface area contributed by atoms with E-state index < -0.39 is 12.0 Å². The van der Waals surface area contributed by atoms with E-state index in [2.05, 4.69) is 0 Å². The Bertz CT molecular complexity index is 379. The highest BCUT2D eigenvalue weighted by molar-refractivity contribution is 5.79. The van der Waals surface area contributed by atoms with Gasteiger partial charge in [0.2, 0.25) is 0 Å². The second kappa shape index (κ2) is 5.25. The maximum atomic E-state index is 11.0. The Morgan fingerprint density at radius 2 is 2.19 bits per heavy atom. The molecule has 1 atom stereocenters. The van der Waals surface area contributed by atoms with E-state index in [0.29, 0.717) is 23.6 Å². The fraction of sp³-hybridized carbons (Fsp3) is 0.364. The summed E-state index contributed by atoms with van der Waals surface area (Å²) in [6.45, 7) is 1.82. The van der Waals surface area contributed by atoms with E-state index in [1.54, 1.807) is 18.2 Å². The van der Waals surface area contributed by atoms with Crippen LogP contribution in [0.3, 0.4) is 0 Å². The Kier molecular flexibility index (Phi) is 3.99. The van der Waals surface area contributed by atoms with Crippen LogP contribution in [0.2, 0.25) is 0 Å². The van der Waals surface area contributed by atoms with Crippen molar-refractivity contribution in [2.24, 2.45) is 5.73 Å². The van der Waals surface area contributed by atoms with E-state index in [-0.39, 0.29) is 0 Å². The molecule has 0 aromatic heterocycles. The third-order valence-electron chi connectivity index (χ3n) is 2.17. The van der Waals surface area contributed by atoms with Gasteiger partial charge in [-0.25, -0.2) is 0 Å². The zero-order valence-electron chi connectivity index (χ0n) is 9.40. The Hall–Kier alpha value is -1.91. The molecule has 0 fully saturated rings. The molecule has 1 aromatic rings. The second-order valence-electron chi connectivity index (χ2n) is 3.32. The lowest BCUT2D eigenvalue weighted by Gasteiger charge is -2.15. The molecule has 0 aliphatic rings. The number of benzene rings is 1. The molecule has 16 heavy (non-hydrogen) atoms. The Morgan fingerprint density at radius 3 is 2.62 bits per heavy atom. The number of nitrogen functional groups attached to an aromatic ring is 1. The fourth-order valence-corrected chi connectivity index (χ4v) is 1.29. The van der Waals surface area contributed by atoms with E-state index >= 15 is 0 Å². The Labute approximate surface area is 94.3 Å². The maximum Gasteiger partial charge on any atom is 0.258 e. The minimum absolute atomic E-state index is 0.458. The van der Waals surface area contributed by atoms with Crippen LogP contribution in [0.15, 0.2) is 18.2 Å². The molecule has 0 saturated carbocycles. The highest BCUT2D eigenvalue weighted by Gasteiger charge is 2.14. The first-order chi connectivity index (χ1) is 7.58. The summed E-state index contributed by atoms with van der Waals surface area (Å²) in [6.07, 6.45) is -0.117. The molecule has 0 spiro atoms. The molecule has 88 valence electrons. The first-order valence-electron chi connectivity index (χ1n) is 4.98. The predicted molar refractivity (Wildman–Crippen MR) is 61.3 cm³/mol. The number of primary amides is 1. The van der Waals surface area contributed by atoms with Gasteiger partial charge in [0.15, 0.2) is 6.10 Å². The number of ether oxygens (including phenoxy) is 2. The van der Waals surface area contributed by atoms with Gasteiger partial charge in [0, 0.05) is 6.07 Å². The monoisotopic (exact) mass is 224 g/mol. The van der Waals surface area contributed by atoms with Crippen molar-refractivity contribution in [3.8, 4) is 11.5 Å². The van der Waals surface area contributed by atoms with Crippen LogP contribution in [-0.2, 0) is 4.79 Å². The van der Waals surface area contributed by atoms with Gasteiger partial charge in [0.05, 0.1) is 12.8 Å². The van der Waals surface area contributed by atoms with Crippen molar-refractivity contribution in [2.45, 2.75) is 19.4 Å². The molecular formula is C11H16N2O3. The normalized spacial score (nSPS) is 11.9. The van der Waals surface area contributed by atoms with E-state index in [4.69, 9.17) is 20.9 Å². The smallest absolute Gasteiger partial charge is 0.258 e. The van der Waals surface area contributed by atoms with Gasteiger partial charge in [-0.05, 0) is 18.6 Å². The van der Waals surface area contributed by atoms with Crippen LogP contribution in [0.25, 0.3) is 0 Å². The van der Waals surface area contributed by atoms with Crippen LogP contribution >= 0.6 is 0 Å². The van der Waals surface area contributed by atoms with Gasteiger partial charge in [-0.15, -0.1) is 0 Å². The zero-order chi connectivity index (χ0) is 12.1. The van der Waals surface area contributed by atoms with Crippen molar-refractivity contribution in [3.05, 3.63) is 18.2 Å². The summed E-state index contributed by atoms with van der Waals surface area (Å²) in [7, 11) is 1.53. The van der Waals surface area contributed by atoms with Crippen molar-refractivity contribution in [1.82, 2.24) is 0 Å². The summed E-state index contributed by atoms with van der Waals surface area (Å²) < 4.78 is 10.4. The van der Waals surface area contributed by atoms with Gasteiger partial charge in [-0.3, -0.25) is 4.79 Å². The lowest BCUT2D eigenvalue weighted by atomic mass is 10.2. The third kappa shape index (κ3) is 2.79. The number of anilines is 1. The van der Waals surface area contributed by atoms with Crippen LogP contribution in [0, 0.1) is 0 Å². The number of hydrogen-bond acceptors (Lipinski definition) is 4. The van der Waals surface area contributed by atoms with Gasteiger partial charge >= 0.3 is 0 Å². The molecule has 0 radical (unpaired) electrons. The van der Waals surface area contributed by atoms with Gasteiger partial charge < -0.3 is 20.9 Å². The minimum atomic E-state index is -0.632. The van der Waals surface area contributed by atoms with E-state index in [1.165, 1.54) is 7.11 Å². The summed E-state index contributed by atoms with van der Waals surface area (Å²) in [5.74, 6) is 0.584. The van der Waals surface area contributed by atoms with Gasteiger partial charge in [0.25, 0.3) is 5.91 Å². The molecule has 0 heterocycles. The number of carbonyl (C=O) groups excluding carboxylic acids is 1. The SMILES string of the molecule is CCC(Oc1ccc(OC)c(N)c1)C(N)=O. The highest BCUT2D eigenvalue weighted by Crippen LogP contribution is 2.26. The molecule has 4 N–H and O–H groups in total. The molecule has 0 aliphatic heterocycles. The van der Waals surface area contributed by atoms with Gasteiger partial charge in [-0.2, -0.15) is 0 Å². The molecule has 1 rings (SSSR count). The van der Waals surface area contributed by atoms with Crippen LogP contribution in [0.1, 0.15) is 13.3 Å². The Balaban J connectivity index is 2.81. The van der Waals surface area contributed by atoms with Crippen molar-refractivity contribution < 1.29 is 14.3 Å². The zero-order valence-corrected chi connectivity index (χ0v) is 9.40. The second-order valence-corrected chi connectivity index (χ2v) is 3.32. The molecule has 5 heteroatoms. The molecule has 0 bridgehead atoms. The Morgan fingerprint density at radius 1 is 1.50 bits per heavy atom. The third-order valence-corrected chi connectivity index (χ3v) is 2.17. The fourth-order valence-electron chi connectivity index (χ4n) is 1.29. The first-order valence-corrected chi connectivity index (χ1v) is 4.98. The molecule has 1 aromatic carbocycles. The number of amides is 1.